The van der Waals surface area contributed by atoms with E-state index >= 15 is 0 Å². The van der Waals surface area contributed by atoms with Gasteiger partial charge in [-0.25, -0.2) is 4.98 Å². The van der Waals surface area contributed by atoms with Crippen molar-refractivity contribution in [3.05, 3.63) is 70.4 Å². The van der Waals surface area contributed by atoms with Crippen molar-refractivity contribution in [3.63, 3.8) is 0 Å². The largest absolute Gasteiger partial charge is 0.421 e. The third-order valence-corrected chi connectivity index (χ3v) is 10.2. The molecule has 1 amide bonds. The molecular formula is C30H35F3N5O4P. The van der Waals surface area contributed by atoms with Gasteiger partial charge in [-0.2, -0.15) is 18.2 Å². The Hall–Kier alpha value is -3.47. The number of carbonyl (C=O) groups is 1. The van der Waals surface area contributed by atoms with Gasteiger partial charge in [0.25, 0.3) is 5.91 Å². The maximum atomic E-state index is 14.0. The zero-order chi connectivity index (χ0) is 30.9. The molecule has 1 atom stereocenters. The number of hydrogen-bond donors (Lipinski definition) is 4. The Morgan fingerprint density at radius 2 is 1.77 bits per heavy atom. The third kappa shape index (κ3) is 7.03. The number of aliphatic hydroxyl groups excluding tert-OH is 1. The highest BCUT2D eigenvalue weighted by atomic mass is 31.2. The van der Waals surface area contributed by atoms with Gasteiger partial charge in [-0.1, -0.05) is 25.1 Å². The molecule has 1 fully saturated rings. The Morgan fingerprint density at radius 3 is 2.42 bits per heavy atom. The van der Waals surface area contributed by atoms with Crippen molar-refractivity contribution < 1.29 is 32.5 Å². The molecule has 1 aromatic heterocycles. The Balaban J connectivity index is 1.42. The van der Waals surface area contributed by atoms with Crippen LogP contribution in [0.5, 0.6) is 0 Å². The lowest BCUT2D eigenvalue weighted by Crippen LogP contribution is -2.18. The maximum absolute atomic E-state index is 14.0. The number of nitrogens with one attached hydrogen (secondary N) is 2. The first-order chi connectivity index (χ1) is 20.3. The highest BCUT2D eigenvalue weighted by molar-refractivity contribution is 7.57. The van der Waals surface area contributed by atoms with Gasteiger partial charge < -0.3 is 25.5 Å². The molecule has 2 aromatic carbocycles. The molecule has 0 radical (unpaired) electrons. The summed E-state index contributed by atoms with van der Waals surface area (Å²) in [6.07, 6.45) is -0.696. The highest BCUT2D eigenvalue weighted by Gasteiger charge is 2.37. The van der Waals surface area contributed by atoms with E-state index in [0.717, 1.165) is 29.5 Å². The van der Waals surface area contributed by atoms with Crippen molar-refractivity contribution in [3.8, 4) is 0 Å². The smallest absolute Gasteiger partial charge is 0.393 e. The molecule has 1 aliphatic carbocycles. The number of rotatable bonds is 9. The molecule has 4 N–H and O–H groups in total. The summed E-state index contributed by atoms with van der Waals surface area (Å²) in [6, 6.07) is 10.4. The maximum Gasteiger partial charge on any atom is 0.421 e. The van der Waals surface area contributed by atoms with Crippen molar-refractivity contribution in [2.75, 3.05) is 30.0 Å². The fourth-order valence-electron chi connectivity index (χ4n) is 5.67. The molecule has 2 heterocycles. The molecule has 0 bridgehead atoms. The number of hydrogen-bond acceptors (Lipinski definition) is 7. The molecule has 230 valence electrons. The first-order valence-corrected chi connectivity index (χ1v) is 16.3. The van der Waals surface area contributed by atoms with E-state index in [1.165, 1.54) is 0 Å². The van der Waals surface area contributed by atoms with Gasteiger partial charge in [-0.05, 0) is 72.9 Å². The van der Waals surface area contributed by atoms with E-state index in [0.29, 0.717) is 43.3 Å². The first kappa shape index (κ1) is 31.0. The van der Waals surface area contributed by atoms with Gasteiger partial charge in [0.15, 0.2) is 0 Å². The monoisotopic (exact) mass is 617 g/mol. The molecule has 1 aliphatic heterocycles. The Kier molecular flexibility index (Phi) is 8.83. The lowest BCUT2D eigenvalue weighted by Gasteiger charge is -2.27. The van der Waals surface area contributed by atoms with E-state index in [1.54, 1.807) is 49.2 Å². The Morgan fingerprint density at radius 1 is 1.07 bits per heavy atom. The number of halogens is 3. The molecule has 1 saturated carbocycles. The van der Waals surface area contributed by atoms with Gasteiger partial charge >= 0.3 is 6.18 Å². The van der Waals surface area contributed by atoms with E-state index in [2.05, 4.69) is 20.6 Å². The SMILES string of the molecule is CCP(=O)(O)CCc1ccc(Nc2ncc(C(F)(F)F)c(Nc3ccc([C@H]4CC[C@H](O)CC4)c4c3C(=O)N(C)C4)n2)cc1. The van der Waals surface area contributed by atoms with Crippen LogP contribution in [0, 0.1) is 0 Å². The van der Waals surface area contributed by atoms with Crippen LogP contribution in [0.4, 0.5) is 36.3 Å². The second kappa shape index (κ2) is 12.3. The lowest BCUT2D eigenvalue weighted by atomic mass is 9.80. The molecule has 0 spiro atoms. The molecule has 0 saturated heterocycles. The minimum Gasteiger partial charge on any atom is -0.393 e. The normalized spacial score (nSPS) is 20.1. The van der Waals surface area contributed by atoms with Crippen LogP contribution in [0.2, 0.25) is 0 Å². The molecule has 13 heteroatoms. The summed E-state index contributed by atoms with van der Waals surface area (Å²) in [5.41, 5.74) is 2.64. The van der Waals surface area contributed by atoms with E-state index in [4.69, 9.17) is 0 Å². The number of aliphatic hydroxyl groups is 1. The summed E-state index contributed by atoms with van der Waals surface area (Å²) in [5.74, 6) is -0.686. The highest BCUT2D eigenvalue weighted by Crippen LogP contribution is 2.43. The zero-order valence-corrected chi connectivity index (χ0v) is 24.9. The van der Waals surface area contributed by atoms with Crippen LogP contribution in [0.25, 0.3) is 0 Å². The zero-order valence-electron chi connectivity index (χ0n) is 24.0. The molecular weight excluding hydrogens is 582 g/mol. The quantitative estimate of drug-likeness (QED) is 0.203. The Labute approximate surface area is 248 Å². The number of alkyl halides is 3. The fraction of sp³-hybridized carbons (Fsp3) is 0.433. The number of aryl methyl sites for hydroxylation is 1. The number of amides is 1. The average molecular weight is 618 g/mol. The van der Waals surface area contributed by atoms with Gasteiger partial charge in [0.1, 0.15) is 11.4 Å². The number of nitrogens with zero attached hydrogens (tertiary/aromatic N) is 3. The predicted molar refractivity (Wildman–Crippen MR) is 158 cm³/mol. The Bertz CT molecular complexity index is 1540. The number of aromatic nitrogens is 2. The second-order valence-electron chi connectivity index (χ2n) is 11.3. The molecule has 2 aliphatic rings. The summed E-state index contributed by atoms with van der Waals surface area (Å²) < 4.78 is 54.0. The number of anilines is 4. The number of benzene rings is 2. The molecule has 3 aromatic rings. The van der Waals surface area contributed by atoms with Gasteiger partial charge in [-0.3, -0.25) is 9.36 Å². The summed E-state index contributed by atoms with van der Waals surface area (Å²) in [4.78, 5) is 32.6. The fourth-order valence-corrected chi connectivity index (χ4v) is 6.59. The van der Waals surface area contributed by atoms with Crippen LogP contribution in [0.3, 0.4) is 0 Å². The summed E-state index contributed by atoms with van der Waals surface area (Å²) in [6.45, 7) is 2.02. The van der Waals surface area contributed by atoms with Crippen LogP contribution < -0.4 is 10.6 Å². The lowest BCUT2D eigenvalue weighted by molar-refractivity contribution is -0.137. The van der Waals surface area contributed by atoms with Crippen molar-refractivity contribution in [2.24, 2.45) is 0 Å². The number of carbonyl (C=O) groups excluding carboxylic acids is 1. The summed E-state index contributed by atoms with van der Waals surface area (Å²) >= 11 is 0. The molecule has 1 unspecified atom stereocenters. The van der Waals surface area contributed by atoms with Crippen molar-refractivity contribution in [2.45, 2.75) is 63.8 Å². The predicted octanol–water partition coefficient (Wildman–Crippen LogP) is 6.42. The topological polar surface area (TPSA) is 128 Å². The van der Waals surface area contributed by atoms with Gasteiger partial charge in [0.2, 0.25) is 13.3 Å². The van der Waals surface area contributed by atoms with Gasteiger partial charge in [0.05, 0.1) is 17.4 Å². The van der Waals surface area contributed by atoms with Gasteiger partial charge in [-0.15, -0.1) is 0 Å². The van der Waals surface area contributed by atoms with Crippen LogP contribution >= 0.6 is 7.37 Å². The van der Waals surface area contributed by atoms with Crippen LogP contribution in [0.1, 0.15) is 71.1 Å². The van der Waals surface area contributed by atoms with E-state index in [-0.39, 0.29) is 41.9 Å². The van der Waals surface area contributed by atoms with E-state index in [9.17, 15) is 32.5 Å². The van der Waals surface area contributed by atoms with Gasteiger partial charge in [0, 0.05) is 37.8 Å². The van der Waals surface area contributed by atoms with Crippen molar-refractivity contribution >= 4 is 36.4 Å². The van der Waals surface area contributed by atoms with Crippen molar-refractivity contribution in [1.82, 2.24) is 14.9 Å². The number of fused-ring (bicyclic) bond motifs is 1. The van der Waals surface area contributed by atoms with E-state index in [1.807, 2.05) is 6.07 Å². The van der Waals surface area contributed by atoms with Crippen LogP contribution in [-0.4, -0.2) is 56.3 Å². The molecule has 5 rings (SSSR count). The standard InChI is InChI=1S/C30H35F3N5O4P/c1-3-43(41,42)15-14-18-4-8-20(9-5-18)35-29-34-16-24(30(31,32)33)27(37-29)36-25-13-12-22(19-6-10-21(39)11-7-19)23-17-38(2)28(40)26(23)25/h4-5,8-9,12-13,16,19,21,39H,3,6-7,10-11,14-15,17H2,1-2H3,(H,41,42)(H2,34,35,36,37)/t19-,21-. The van der Waals surface area contributed by atoms with E-state index < -0.39 is 24.9 Å². The molecule has 43 heavy (non-hydrogen) atoms. The molecule has 9 nitrogen and oxygen atoms in total. The average Bonchev–Trinajstić information content (AvgIpc) is 3.27. The first-order valence-electron chi connectivity index (χ1n) is 14.3. The third-order valence-electron chi connectivity index (χ3n) is 8.24. The van der Waals surface area contributed by atoms with Crippen LogP contribution in [-0.2, 0) is 23.7 Å². The minimum absolute atomic E-state index is 0.0773. The van der Waals surface area contributed by atoms with Crippen molar-refractivity contribution in [1.29, 1.82) is 0 Å². The summed E-state index contributed by atoms with van der Waals surface area (Å²) in [5, 5.41) is 15.6. The van der Waals surface area contributed by atoms with Crippen LogP contribution in [0.15, 0.2) is 42.6 Å². The second-order valence-corrected chi connectivity index (χ2v) is 14.0. The summed E-state index contributed by atoms with van der Waals surface area (Å²) in [7, 11) is -1.49. The minimum atomic E-state index is -4.75.